The maximum atomic E-state index is 12.7. The van der Waals surface area contributed by atoms with Gasteiger partial charge in [-0.2, -0.15) is 0 Å². The highest BCUT2D eigenvalue weighted by molar-refractivity contribution is 5.95. The number of aliphatic hydroxyl groups is 2. The average molecular weight is 379 g/mol. The van der Waals surface area contributed by atoms with Crippen molar-refractivity contribution in [1.29, 1.82) is 0 Å². The molecule has 0 amide bonds. The van der Waals surface area contributed by atoms with Crippen LogP contribution in [0.2, 0.25) is 0 Å². The van der Waals surface area contributed by atoms with Crippen molar-refractivity contribution in [2.24, 2.45) is 5.92 Å². The normalized spacial score (nSPS) is 28.0. The number of phenols is 1. The van der Waals surface area contributed by atoms with Crippen LogP contribution in [0.5, 0.6) is 5.75 Å². The van der Waals surface area contributed by atoms with Crippen LogP contribution in [0.1, 0.15) is 55.5 Å². The molecule has 7 nitrogen and oxygen atoms in total. The highest BCUT2D eigenvalue weighted by Crippen LogP contribution is 2.30. The largest absolute Gasteiger partial charge is 0.507 e. The number of aliphatic hydroxyl groups excluding tert-OH is 2. The van der Waals surface area contributed by atoms with Gasteiger partial charge in [-0.25, -0.2) is 4.79 Å². The highest BCUT2D eigenvalue weighted by Gasteiger charge is 2.28. The molecule has 0 saturated heterocycles. The molecule has 0 aromatic heterocycles. The number of phenolic OH excluding ortho intramolecular Hbond substituents is 1. The first kappa shape index (κ1) is 21.2. The van der Waals surface area contributed by atoms with Gasteiger partial charge in [0, 0.05) is 25.2 Å². The van der Waals surface area contributed by atoms with Crippen molar-refractivity contribution in [1.82, 2.24) is 0 Å². The Bertz CT molecular complexity index is 689. The van der Waals surface area contributed by atoms with Crippen molar-refractivity contribution in [3.05, 3.63) is 23.3 Å². The summed E-state index contributed by atoms with van der Waals surface area (Å²) >= 11 is 0. The van der Waals surface area contributed by atoms with E-state index >= 15 is 0 Å². The van der Waals surface area contributed by atoms with Crippen LogP contribution in [-0.4, -0.2) is 52.4 Å². The number of esters is 1. The van der Waals surface area contributed by atoms with Gasteiger partial charge >= 0.3 is 5.97 Å². The number of aromatic hydroxyl groups is 1. The van der Waals surface area contributed by atoms with Gasteiger partial charge in [-0.1, -0.05) is 6.92 Å². The monoisotopic (exact) mass is 379 g/mol. The molecule has 0 fully saturated rings. The van der Waals surface area contributed by atoms with Crippen molar-refractivity contribution in [3.63, 3.8) is 0 Å². The van der Waals surface area contributed by atoms with Crippen LogP contribution in [0.4, 0.5) is 5.69 Å². The lowest BCUT2D eigenvalue weighted by Crippen LogP contribution is -2.35. The molecule has 7 heteroatoms. The molecule has 1 aliphatic rings. The van der Waals surface area contributed by atoms with Crippen molar-refractivity contribution >= 4 is 17.4 Å². The van der Waals surface area contributed by atoms with Crippen LogP contribution in [0, 0.1) is 5.92 Å². The summed E-state index contributed by atoms with van der Waals surface area (Å²) < 4.78 is 5.54. The fourth-order valence-electron chi connectivity index (χ4n) is 3.25. The van der Waals surface area contributed by atoms with E-state index in [1.807, 2.05) is 6.92 Å². The molecule has 2 rings (SSSR count). The van der Waals surface area contributed by atoms with Crippen LogP contribution in [0.3, 0.4) is 0 Å². The van der Waals surface area contributed by atoms with Crippen LogP contribution in [-0.2, 0) is 16.0 Å². The van der Waals surface area contributed by atoms with E-state index in [2.05, 4.69) is 5.32 Å². The number of aryl methyl sites for hydroxylation is 1. The van der Waals surface area contributed by atoms with Gasteiger partial charge < -0.3 is 25.4 Å². The maximum Gasteiger partial charge on any atom is 0.342 e. The van der Waals surface area contributed by atoms with Crippen molar-refractivity contribution in [2.45, 2.75) is 64.3 Å². The third kappa shape index (κ3) is 5.20. The number of carbonyl (C=O) groups is 2. The summed E-state index contributed by atoms with van der Waals surface area (Å²) in [5.41, 5.74) is 1.32. The Balaban J connectivity index is 2.37. The smallest absolute Gasteiger partial charge is 0.342 e. The maximum absolute atomic E-state index is 12.7. The van der Waals surface area contributed by atoms with Gasteiger partial charge in [0.2, 0.25) is 0 Å². The second-order valence-corrected chi connectivity index (χ2v) is 7.28. The van der Waals surface area contributed by atoms with Gasteiger partial charge in [0.1, 0.15) is 23.5 Å². The molecule has 4 atom stereocenters. The van der Waals surface area contributed by atoms with Crippen LogP contribution in [0.15, 0.2) is 12.1 Å². The Morgan fingerprint density at radius 1 is 1.11 bits per heavy atom. The first-order valence-electron chi connectivity index (χ1n) is 9.38. The standard InChI is InChI=1S/C20H29NO6/c1-11-7-8-16(23)19(25)15(22)6-4-5-13-9-14(21-3)10-17(24)18(13)20(26)27-12(11)2/h9-12,16,19,21,23-25H,4-8H2,1-3H3/t11-,12+,16?,19+/m1/s1. The molecule has 0 saturated carbocycles. The number of rotatable bonds is 1. The molecule has 0 aliphatic carbocycles. The van der Waals surface area contributed by atoms with Crippen molar-refractivity contribution < 1.29 is 29.6 Å². The molecule has 1 aromatic rings. The van der Waals surface area contributed by atoms with E-state index in [1.54, 1.807) is 20.0 Å². The molecule has 27 heavy (non-hydrogen) atoms. The Morgan fingerprint density at radius 3 is 2.48 bits per heavy atom. The number of cyclic esters (lactones) is 1. The summed E-state index contributed by atoms with van der Waals surface area (Å²) in [6, 6.07) is 3.20. The predicted molar refractivity (Wildman–Crippen MR) is 101 cm³/mol. The summed E-state index contributed by atoms with van der Waals surface area (Å²) in [6.07, 6.45) is -1.46. The SMILES string of the molecule is CNc1cc(O)c2c(c1)CCCC(=O)[C@H](O)C(O)CC[C@@H](C)[C@H](C)OC2=O. The second kappa shape index (κ2) is 9.19. The minimum atomic E-state index is -1.41. The van der Waals surface area contributed by atoms with Gasteiger partial charge in [-0.15, -0.1) is 0 Å². The first-order valence-corrected chi connectivity index (χ1v) is 9.38. The zero-order valence-corrected chi connectivity index (χ0v) is 16.1. The molecule has 1 aromatic carbocycles. The van der Waals surface area contributed by atoms with E-state index in [4.69, 9.17) is 4.74 Å². The number of carbonyl (C=O) groups excluding carboxylic acids is 2. The molecule has 0 bridgehead atoms. The van der Waals surface area contributed by atoms with E-state index in [9.17, 15) is 24.9 Å². The van der Waals surface area contributed by atoms with Crippen LogP contribution in [0.25, 0.3) is 0 Å². The fraction of sp³-hybridized carbons (Fsp3) is 0.600. The number of benzene rings is 1. The van der Waals surface area contributed by atoms with Crippen LogP contribution >= 0.6 is 0 Å². The zero-order chi connectivity index (χ0) is 20.1. The summed E-state index contributed by atoms with van der Waals surface area (Å²) in [5.74, 6) is -1.28. The van der Waals surface area contributed by atoms with Gasteiger partial charge in [0.25, 0.3) is 0 Å². The van der Waals surface area contributed by atoms with Crippen molar-refractivity contribution in [2.75, 3.05) is 12.4 Å². The minimum absolute atomic E-state index is 0.0726. The lowest BCUT2D eigenvalue weighted by Gasteiger charge is -2.24. The number of fused-ring (bicyclic) bond motifs is 1. The molecule has 1 unspecified atom stereocenters. The Morgan fingerprint density at radius 2 is 1.81 bits per heavy atom. The summed E-state index contributed by atoms with van der Waals surface area (Å²) in [7, 11) is 1.70. The summed E-state index contributed by atoms with van der Waals surface area (Å²) in [6.45, 7) is 3.62. The zero-order valence-electron chi connectivity index (χ0n) is 16.1. The number of ketones is 1. The Hall–Kier alpha value is -2.12. The van der Waals surface area contributed by atoms with Gasteiger partial charge in [0.05, 0.1) is 6.10 Å². The predicted octanol–water partition coefficient (Wildman–Crippen LogP) is 2.02. The molecular formula is C20H29NO6. The second-order valence-electron chi connectivity index (χ2n) is 7.28. The van der Waals surface area contributed by atoms with Crippen LogP contribution < -0.4 is 5.32 Å². The van der Waals surface area contributed by atoms with E-state index in [0.29, 0.717) is 30.5 Å². The lowest BCUT2D eigenvalue weighted by atomic mass is 9.92. The average Bonchev–Trinajstić information content (AvgIpc) is 2.63. The number of hydrogen-bond acceptors (Lipinski definition) is 7. The van der Waals surface area contributed by atoms with E-state index in [1.165, 1.54) is 6.07 Å². The molecule has 1 aliphatic heterocycles. The Labute approximate surface area is 159 Å². The lowest BCUT2D eigenvalue weighted by molar-refractivity contribution is -0.133. The van der Waals surface area contributed by atoms with Crippen molar-refractivity contribution in [3.8, 4) is 5.75 Å². The molecule has 4 N–H and O–H groups in total. The number of nitrogens with one attached hydrogen (secondary N) is 1. The highest BCUT2D eigenvalue weighted by atomic mass is 16.5. The molecule has 150 valence electrons. The van der Waals surface area contributed by atoms with Gasteiger partial charge in [-0.05, 0) is 50.2 Å². The van der Waals surface area contributed by atoms with E-state index < -0.39 is 30.1 Å². The van der Waals surface area contributed by atoms with E-state index in [0.717, 1.165) is 0 Å². The molecule has 0 radical (unpaired) electrons. The fourth-order valence-corrected chi connectivity index (χ4v) is 3.25. The number of Topliss-reactive ketones (excluding diaryl/α,β-unsaturated/α-hetero) is 1. The number of ether oxygens (including phenoxy) is 1. The van der Waals surface area contributed by atoms with Gasteiger partial charge in [-0.3, -0.25) is 4.79 Å². The quantitative estimate of drug-likeness (QED) is 0.552. The summed E-state index contributed by atoms with van der Waals surface area (Å²) in [4.78, 5) is 24.8. The summed E-state index contributed by atoms with van der Waals surface area (Å²) in [5, 5.41) is 33.4. The molecule has 1 heterocycles. The first-order chi connectivity index (χ1) is 12.7. The topological polar surface area (TPSA) is 116 Å². The van der Waals surface area contributed by atoms with E-state index in [-0.39, 0.29) is 30.1 Å². The molecular weight excluding hydrogens is 350 g/mol. The number of hydrogen-bond donors (Lipinski definition) is 4. The van der Waals surface area contributed by atoms with Gasteiger partial charge in [0.15, 0.2) is 5.78 Å². The minimum Gasteiger partial charge on any atom is -0.507 e. The third-order valence-corrected chi connectivity index (χ3v) is 5.27. The third-order valence-electron chi connectivity index (χ3n) is 5.27. The number of anilines is 1. The molecule has 0 spiro atoms. The Kier molecular flexibility index (Phi) is 7.21.